The molecule has 0 spiro atoms. The number of ether oxygens (including phenoxy) is 2. The SMILES string of the molecule is Cc1cc(-n2ccnc2)c2cccc(OCc3c(Cl)cncc3OCC(=O)N3CCC3)c2n1. The molecule has 33 heavy (non-hydrogen) atoms. The smallest absolute Gasteiger partial charge is 0.260 e. The number of likely N-dealkylation sites (tertiary alicyclic amines) is 1. The molecule has 0 aliphatic carbocycles. The monoisotopic (exact) mass is 463 g/mol. The summed E-state index contributed by atoms with van der Waals surface area (Å²) in [5.41, 5.74) is 3.19. The minimum atomic E-state index is -0.0572. The van der Waals surface area contributed by atoms with Gasteiger partial charge in [0.15, 0.2) is 6.61 Å². The Morgan fingerprint density at radius 3 is 2.79 bits per heavy atom. The fourth-order valence-electron chi connectivity index (χ4n) is 3.72. The molecule has 9 heteroatoms. The fraction of sp³-hybridized carbons (Fsp3) is 0.250. The third kappa shape index (κ3) is 4.34. The van der Waals surface area contributed by atoms with Crippen molar-refractivity contribution in [3.05, 3.63) is 71.7 Å². The van der Waals surface area contributed by atoms with E-state index in [1.807, 2.05) is 42.0 Å². The van der Waals surface area contributed by atoms with Gasteiger partial charge in [-0.2, -0.15) is 0 Å². The molecule has 1 aromatic carbocycles. The summed E-state index contributed by atoms with van der Waals surface area (Å²) in [6, 6.07) is 7.80. The van der Waals surface area contributed by atoms with Gasteiger partial charge in [-0.05, 0) is 25.5 Å². The molecular weight excluding hydrogens is 442 g/mol. The van der Waals surface area contributed by atoms with Crippen LogP contribution in [0.25, 0.3) is 16.6 Å². The third-order valence-electron chi connectivity index (χ3n) is 5.59. The van der Waals surface area contributed by atoms with Crippen LogP contribution in [0, 0.1) is 6.92 Å². The maximum Gasteiger partial charge on any atom is 0.260 e. The molecule has 1 saturated heterocycles. The number of fused-ring (bicyclic) bond motifs is 1. The largest absolute Gasteiger partial charge is 0.486 e. The van der Waals surface area contributed by atoms with Gasteiger partial charge in [-0.1, -0.05) is 23.7 Å². The number of amides is 1. The van der Waals surface area contributed by atoms with Crippen LogP contribution in [-0.2, 0) is 11.4 Å². The van der Waals surface area contributed by atoms with Crippen molar-refractivity contribution in [2.24, 2.45) is 0 Å². The van der Waals surface area contributed by atoms with Gasteiger partial charge >= 0.3 is 0 Å². The van der Waals surface area contributed by atoms with Crippen molar-refractivity contribution in [3.63, 3.8) is 0 Å². The molecule has 0 bridgehead atoms. The number of hydrogen-bond donors (Lipinski definition) is 0. The minimum absolute atomic E-state index is 0.0474. The summed E-state index contributed by atoms with van der Waals surface area (Å²) in [6.07, 6.45) is 9.50. The molecule has 168 valence electrons. The zero-order valence-corrected chi connectivity index (χ0v) is 18.8. The number of aromatic nitrogens is 4. The number of rotatable bonds is 7. The van der Waals surface area contributed by atoms with Gasteiger partial charge in [0.2, 0.25) is 0 Å². The van der Waals surface area contributed by atoms with Gasteiger partial charge in [-0.25, -0.2) is 9.97 Å². The van der Waals surface area contributed by atoms with Gasteiger partial charge in [-0.3, -0.25) is 9.78 Å². The number of nitrogens with zero attached hydrogens (tertiary/aromatic N) is 5. The Labute approximate surface area is 195 Å². The lowest BCUT2D eigenvalue weighted by molar-refractivity contribution is -0.136. The third-order valence-corrected chi connectivity index (χ3v) is 5.91. The van der Waals surface area contributed by atoms with Crippen LogP contribution in [0.5, 0.6) is 11.5 Å². The molecule has 1 aliphatic rings. The summed E-state index contributed by atoms with van der Waals surface area (Å²) >= 11 is 6.40. The molecule has 5 rings (SSSR count). The molecule has 8 nitrogen and oxygen atoms in total. The molecule has 1 aliphatic heterocycles. The lowest BCUT2D eigenvalue weighted by Gasteiger charge is -2.30. The van der Waals surface area contributed by atoms with E-state index in [0.29, 0.717) is 22.1 Å². The molecule has 0 unspecified atom stereocenters. The Kier molecular flexibility index (Phi) is 5.83. The molecule has 0 radical (unpaired) electrons. The Morgan fingerprint density at radius 1 is 1.15 bits per heavy atom. The van der Waals surface area contributed by atoms with Crippen LogP contribution >= 0.6 is 11.6 Å². The van der Waals surface area contributed by atoms with Crippen LogP contribution in [0.15, 0.2) is 55.4 Å². The quantitative estimate of drug-likeness (QED) is 0.412. The van der Waals surface area contributed by atoms with Gasteiger partial charge in [0.05, 0.1) is 28.8 Å². The van der Waals surface area contributed by atoms with Gasteiger partial charge in [0, 0.05) is 42.8 Å². The van der Waals surface area contributed by atoms with E-state index in [9.17, 15) is 4.79 Å². The second-order valence-electron chi connectivity index (χ2n) is 7.81. The van der Waals surface area contributed by atoms with Crippen molar-refractivity contribution in [1.29, 1.82) is 0 Å². The Hall–Kier alpha value is -3.65. The van der Waals surface area contributed by atoms with Gasteiger partial charge in [-0.15, -0.1) is 0 Å². The van der Waals surface area contributed by atoms with E-state index < -0.39 is 0 Å². The maximum atomic E-state index is 12.2. The first-order valence-corrected chi connectivity index (χ1v) is 11.0. The van der Waals surface area contributed by atoms with Gasteiger partial charge in [0.1, 0.15) is 23.6 Å². The molecule has 1 fully saturated rings. The molecule has 1 amide bonds. The Bertz CT molecular complexity index is 1310. The van der Waals surface area contributed by atoms with Crippen LogP contribution in [0.1, 0.15) is 17.7 Å². The maximum absolute atomic E-state index is 12.2. The van der Waals surface area contributed by atoms with Crippen LogP contribution in [0.4, 0.5) is 0 Å². The highest BCUT2D eigenvalue weighted by molar-refractivity contribution is 6.31. The van der Waals surface area contributed by atoms with Crippen molar-refractivity contribution in [2.45, 2.75) is 20.0 Å². The fourth-order valence-corrected chi connectivity index (χ4v) is 3.92. The second kappa shape index (κ2) is 9.07. The zero-order chi connectivity index (χ0) is 22.8. The predicted molar refractivity (Wildman–Crippen MR) is 124 cm³/mol. The average Bonchev–Trinajstić information content (AvgIpc) is 3.30. The number of pyridine rings is 2. The standard InChI is InChI=1S/C24H22ClN5O3/c1-16-10-20(30-9-6-26-15-30)17-4-2-5-21(24(17)28-16)32-13-18-19(25)11-27-12-22(18)33-14-23(31)29-7-3-8-29/h2,4-6,9-12,15H,3,7-8,13-14H2,1H3. The van der Waals surface area contributed by atoms with Gasteiger partial charge < -0.3 is 18.9 Å². The normalized spacial score (nSPS) is 13.1. The Morgan fingerprint density at radius 2 is 2.03 bits per heavy atom. The number of carbonyl (C=O) groups excluding carboxylic acids is 1. The number of imidazole rings is 1. The highest BCUT2D eigenvalue weighted by Gasteiger charge is 2.21. The van der Waals surface area contributed by atoms with E-state index in [4.69, 9.17) is 26.1 Å². The number of hydrogen-bond acceptors (Lipinski definition) is 6. The van der Waals surface area contributed by atoms with Crippen LogP contribution in [0.3, 0.4) is 0 Å². The summed E-state index contributed by atoms with van der Waals surface area (Å²) in [6.45, 7) is 3.58. The first kappa shape index (κ1) is 21.2. The lowest BCUT2D eigenvalue weighted by Crippen LogP contribution is -2.44. The molecule has 3 aromatic heterocycles. The number of aryl methyl sites for hydroxylation is 1. The highest BCUT2D eigenvalue weighted by Crippen LogP contribution is 2.32. The molecule has 0 N–H and O–H groups in total. The molecular formula is C24H22ClN5O3. The summed E-state index contributed by atoms with van der Waals surface area (Å²) < 4.78 is 13.9. The summed E-state index contributed by atoms with van der Waals surface area (Å²) in [5, 5.41) is 1.35. The molecule has 0 atom stereocenters. The van der Waals surface area contributed by atoms with Crippen LogP contribution < -0.4 is 9.47 Å². The topological polar surface area (TPSA) is 82.4 Å². The lowest BCUT2D eigenvalue weighted by atomic mass is 10.1. The van der Waals surface area contributed by atoms with Crippen LogP contribution in [-0.4, -0.2) is 50.0 Å². The van der Waals surface area contributed by atoms with Gasteiger partial charge in [0.25, 0.3) is 5.91 Å². The first-order valence-electron chi connectivity index (χ1n) is 10.6. The van der Waals surface area contributed by atoms with Crippen molar-refractivity contribution < 1.29 is 14.3 Å². The molecule has 4 aromatic rings. The van der Waals surface area contributed by atoms with E-state index in [-0.39, 0.29) is 19.1 Å². The Balaban J connectivity index is 1.41. The van der Waals surface area contributed by atoms with E-state index in [1.165, 1.54) is 6.20 Å². The van der Waals surface area contributed by atoms with Crippen molar-refractivity contribution in [1.82, 2.24) is 24.4 Å². The van der Waals surface area contributed by atoms with E-state index in [0.717, 1.165) is 41.8 Å². The van der Waals surface area contributed by atoms with Crippen LogP contribution in [0.2, 0.25) is 5.02 Å². The molecule has 4 heterocycles. The summed E-state index contributed by atoms with van der Waals surface area (Å²) in [4.78, 5) is 26.9. The predicted octanol–water partition coefficient (Wildman–Crippen LogP) is 3.97. The first-order chi connectivity index (χ1) is 16.1. The number of para-hydroxylation sites is 1. The van der Waals surface area contributed by atoms with Crippen molar-refractivity contribution in [3.8, 4) is 17.2 Å². The number of carbonyl (C=O) groups is 1. The number of benzene rings is 1. The average molecular weight is 464 g/mol. The molecule has 0 saturated carbocycles. The number of halogens is 1. The summed E-state index contributed by atoms with van der Waals surface area (Å²) in [5.74, 6) is 1.00. The second-order valence-corrected chi connectivity index (χ2v) is 8.22. The summed E-state index contributed by atoms with van der Waals surface area (Å²) in [7, 11) is 0. The highest BCUT2D eigenvalue weighted by atomic mass is 35.5. The zero-order valence-electron chi connectivity index (χ0n) is 18.1. The van der Waals surface area contributed by atoms with Crippen molar-refractivity contribution in [2.75, 3.05) is 19.7 Å². The van der Waals surface area contributed by atoms with E-state index in [1.54, 1.807) is 23.6 Å². The van der Waals surface area contributed by atoms with E-state index >= 15 is 0 Å². The van der Waals surface area contributed by atoms with E-state index in [2.05, 4.69) is 9.97 Å². The minimum Gasteiger partial charge on any atom is -0.486 e. The van der Waals surface area contributed by atoms with Crippen molar-refractivity contribution >= 4 is 28.4 Å².